The third kappa shape index (κ3) is 1.51. The van der Waals surface area contributed by atoms with Crippen molar-refractivity contribution in [3.63, 3.8) is 0 Å². The van der Waals surface area contributed by atoms with Crippen LogP contribution in [0.15, 0.2) is 0 Å². The third-order valence-corrected chi connectivity index (χ3v) is 5.07. The Labute approximate surface area is 95.3 Å². The molecular formula is C11H19N3S. The first kappa shape index (κ1) is 11.0. The minimum absolute atomic E-state index is 0.365. The van der Waals surface area contributed by atoms with Crippen LogP contribution >= 0.6 is 11.3 Å². The van der Waals surface area contributed by atoms with E-state index in [-0.39, 0.29) is 0 Å². The van der Waals surface area contributed by atoms with E-state index in [4.69, 9.17) is 0 Å². The molecule has 1 saturated carbocycles. The molecule has 1 heterocycles. The van der Waals surface area contributed by atoms with Crippen LogP contribution < -0.4 is 5.32 Å². The van der Waals surface area contributed by atoms with Crippen LogP contribution in [0.3, 0.4) is 0 Å². The minimum atomic E-state index is 0.365. The molecule has 1 aromatic rings. The van der Waals surface area contributed by atoms with Crippen molar-refractivity contribution < 1.29 is 0 Å². The summed E-state index contributed by atoms with van der Waals surface area (Å²) in [5, 5.41) is 13.9. The molecular weight excluding hydrogens is 206 g/mol. The van der Waals surface area contributed by atoms with Gasteiger partial charge in [0.25, 0.3) is 0 Å². The summed E-state index contributed by atoms with van der Waals surface area (Å²) in [4.78, 5) is 0. The molecule has 0 amide bonds. The van der Waals surface area contributed by atoms with Gasteiger partial charge >= 0.3 is 0 Å². The van der Waals surface area contributed by atoms with Gasteiger partial charge in [-0.25, -0.2) is 0 Å². The lowest BCUT2D eigenvalue weighted by molar-refractivity contribution is 0.457. The molecule has 1 N–H and O–H groups in total. The van der Waals surface area contributed by atoms with Crippen LogP contribution in [0.2, 0.25) is 0 Å². The van der Waals surface area contributed by atoms with Gasteiger partial charge in [-0.2, -0.15) is 0 Å². The molecule has 15 heavy (non-hydrogen) atoms. The maximum atomic E-state index is 4.32. The first-order valence-electron chi connectivity index (χ1n) is 5.38. The van der Waals surface area contributed by atoms with Crippen LogP contribution in [0.25, 0.3) is 0 Å². The average Bonchev–Trinajstić information content (AvgIpc) is 2.51. The SMILES string of the molecule is CNCc1nnc(C2C(C)(C)C2(C)C)s1. The van der Waals surface area contributed by atoms with Crippen LogP contribution in [0.5, 0.6) is 0 Å². The summed E-state index contributed by atoms with van der Waals surface area (Å²) in [5.74, 6) is 0.577. The molecule has 1 aliphatic rings. The van der Waals surface area contributed by atoms with Gasteiger partial charge in [-0.05, 0) is 17.9 Å². The monoisotopic (exact) mass is 225 g/mol. The zero-order chi connectivity index (χ0) is 11.3. The molecule has 0 atom stereocenters. The third-order valence-electron chi connectivity index (χ3n) is 4.08. The first-order chi connectivity index (χ1) is 6.91. The van der Waals surface area contributed by atoms with E-state index >= 15 is 0 Å². The van der Waals surface area contributed by atoms with Crippen molar-refractivity contribution >= 4 is 11.3 Å². The number of aromatic nitrogens is 2. The predicted molar refractivity (Wildman–Crippen MR) is 63.0 cm³/mol. The summed E-state index contributed by atoms with van der Waals surface area (Å²) in [6.45, 7) is 10.1. The second-order valence-electron chi connectivity index (χ2n) is 5.44. The summed E-state index contributed by atoms with van der Waals surface area (Å²) in [5.41, 5.74) is 0.729. The Morgan fingerprint density at radius 1 is 1.20 bits per heavy atom. The number of hydrogen-bond acceptors (Lipinski definition) is 4. The highest BCUT2D eigenvalue weighted by Gasteiger charge is 2.66. The van der Waals surface area contributed by atoms with E-state index < -0.39 is 0 Å². The molecule has 0 saturated heterocycles. The number of hydrogen-bond donors (Lipinski definition) is 1. The van der Waals surface area contributed by atoms with Crippen LogP contribution in [-0.4, -0.2) is 17.2 Å². The van der Waals surface area contributed by atoms with E-state index in [1.807, 2.05) is 7.05 Å². The fraction of sp³-hybridized carbons (Fsp3) is 0.818. The largest absolute Gasteiger partial charge is 0.313 e. The maximum absolute atomic E-state index is 4.32. The standard InChI is InChI=1S/C11H19N3S/c1-10(2)8(11(10,3)4)9-14-13-7(15-9)6-12-5/h8,12H,6H2,1-5H3. The van der Waals surface area contributed by atoms with Crippen LogP contribution in [0, 0.1) is 10.8 Å². The number of nitrogens with zero attached hydrogens (tertiary/aromatic N) is 2. The topological polar surface area (TPSA) is 37.8 Å². The summed E-state index contributed by atoms with van der Waals surface area (Å²) in [7, 11) is 1.94. The van der Waals surface area contributed by atoms with Gasteiger partial charge in [-0.15, -0.1) is 10.2 Å². The Morgan fingerprint density at radius 2 is 1.80 bits per heavy atom. The van der Waals surface area contributed by atoms with Gasteiger partial charge in [0.15, 0.2) is 0 Å². The zero-order valence-electron chi connectivity index (χ0n) is 10.1. The van der Waals surface area contributed by atoms with E-state index in [1.165, 1.54) is 5.01 Å². The number of nitrogens with one attached hydrogen (secondary N) is 1. The zero-order valence-corrected chi connectivity index (χ0v) is 10.9. The molecule has 0 spiro atoms. The fourth-order valence-electron chi connectivity index (χ4n) is 2.42. The molecule has 1 aliphatic carbocycles. The van der Waals surface area contributed by atoms with Gasteiger partial charge < -0.3 is 5.32 Å². The second-order valence-corrected chi connectivity index (χ2v) is 6.53. The average molecular weight is 225 g/mol. The van der Waals surface area contributed by atoms with Gasteiger partial charge in [0, 0.05) is 12.5 Å². The smallest absolute Gasteiger partial charge is 0.131 e. The summed E-state index contributed by atoms with van der Waals surface area (Å²) in [6.07, 6.45) is 0. The van der Waals surface area contributed by atoms with Crippen LogP contribution in [0.1, 0.15) is 43.6 Å². The van der Waals surface area contributed by atoms with E-state index in [2.05, 4.69) is 43.2 Å². The summed E-state index contributed by atoms with van der Waals surface area (Å²) >= 11 is 1.75. The lowest BCUT2D eigenvalue weighted by Gasteiger charge is -2.03. The highest BCUT2D eigenvalue weighted by molar-refractivity contribution is 7.11. The molecule has 2 rings (SSSR count). The van der Waals surface area contributed by atoms with Crippen molar-refractivity contribution in [1.82, 2.24) is 15.5 Å². The molecule has 0 radical (unpaired) electrons. The lowest BCUT2D eigenvalue weighted by atomic mass is 10.0. The van der Waals surface area contributed by atoms with E-state index in [1.54, 1.807) is 11.3 Å². The first-order valence-corrected chi connectivity index (χ1v) is 6.20. The molecule has 1 fully saturated rings. The number of rotatable bonds is 3. The Bertz CT molecular complexity index is 354. The predicted octanol–water partition coefficient (Wildman–Crippen LogP) is 2.41. The normalized spacial score (nSPS) is 23.0. The summed E-state index contributed by atoms with van der Waals surface area (Å²) < 4.78 is 0. The van der Waals surface area contributed by atoms with Gasteiger partial charge in [0.2, 0.25) is 0 Å². The van der Waals surface area contributed by atoms with Crippen molar-refractivity contribution in [2.24, 2.45) is 10.8 Å². The molecule has 0 bridgehead atoms. The minimum Gasteiger partial charge on any atom is -0.313 e. The molecule has 1 aromatic heterocycles. The molecule has 84 valence electrons. The van der Waals surface area contributed by atoms with Crippen LogP contribution in [0.4, 0.5) is 0 Å². The summed E-state index contributed by atoms with van der Waals surface area (Å²) in [6, 6.07) is 0. The molecule has 3 nitrogen and oxygen atoms in total. The van der Waals surface area contributed by atoms with Gasteiger partial charge in [-0.3, -0.25) is 0 Å². The quantitative estimate of drug-likeness (QED) is 0.858. The van der Waals surface area contributed by atoms with Crippen molar-refractivity contribution in [1.29, 1.82) is 0 Å². The highest BCUT2D eigenvalue weighted by atomic mass is 32.1. The molecule has 0 aromatic carbocycles. The van der Waals surface area contributed by atoms with Crippen molar-refractivity contribution in [3.8, 4) is 0 Å². The van der Waals surface area contributed by atoms with E-state index in [9.17, 15) is 0 Å². The van der Waals surface area contributed by atoms with Crippen molar-refractivity contribution in [2.45, 2.75) is 40.2 Å². The molecule has 0 aliphatic heterocycles. The van der Waals surface area contributed by atoms with Gasteiger partial charge in [0.05, 0.1) is 0 Å². The van der Waals surface area contributed by atoms with E-state index in [0.29, 0.717) is 16.7 Å². The Balaban J connectivity index is 2.19. The fourth-order valence-corrected chi connectivity index (χ4v) is 3.75. The maximum Gasteiger partial charge on any atom is 0.131 e. The molecule has 0 unspecified atom stereocenters. The molecule has 4 heteroatoms. The van der Waals surface area contributed by atoms with Crippen molar-refractivity contribution in [2.75, 3.05) is 7.05 Å². The lowest BCUT2D eigenvalue weighted by Crippen LogP contribution is -2.04. The second kappa shape index (κ2) is 3.25. The van der Waals surface area contributed by atoms with Crippen molar-refractivity contribution in [3.05, 3.63) is 10.0 Å². The Kier molecular flexibility index (Phi) is 2.39. The van der Waals surface area contributed by atoms with E-state index in [0.717, 1.165) is 11.6 Å². The Morgan fingerprint density at radius 3 is 2.27 bits per heavy atom. The van der Waals surface area contributed by atoms with Gasteiger partial charge in [-0.1, -0.05) is 39.0 Å². The van der Waals surface area contributed by atoms with Gasteiger partial charge in [0.1, 0.15) is 10.0 Å². The Hall–Kier alpha value is -0.480. The van der Waals surface area contributed by atoms with Crippen LogP contribution in [-0.2, 0) is 6.54 Å². The highest BCUT2D eigenvalue weighted by Crippen LogP contribution is 2.73.